The Labute approximate surface area is 140 Å². The average Bonchev–Trinajstić information content (AvgIpc) is 3.06. The number of piperidine rings is 1. The van der Waals surface area contributed by atoms with Gasteiger partial charge in [-0.15, -0.1) is 5.10 Å². The van der Waals surface area contributed by atoms with Crippen molar-refractivity contribution in [2.75, 3.05) is 19.6 Å². The molecule has 2 N–H and O–H groups in total. The molecule has 7 heteroatoms. The van der Waals surface area contributed by atoms with E-state index in [1.54, 1.807) is 6.20 Å². The lowest BCUT2D eigenvalue weighted by atomic mass is 10.1. The maximum absolute atomic E-state index is 12.1. The standard InChI is InChI=1S/C16H20ClN5O/c17-13-3-1-2-12(10-13)4-9-19-16(23)15-11-22(21-20-15)14-5-7-18-8-6-14/h1-3,10-11,14,18H,4-9H2,(H,19,23). The lowest BCUT2D eigenvalue weighted by Crippen LogP contribution is -2.29. The minimum absolute atomic E-state index is 0.188. The molecule has 0 aliphatic carbocycles. The fourth-order valence-corrected chi connectivity index (χ4v) is 2.95. The van der Waals surface area contributed by atoms with Crippen LogP contribution in [-0.2, 0) is 6.42 Å². The van der Waals surface area contributed by atoms with Gasteiger partial charge in [0.05, 0.1) is 12.2 Å². The smallest absolute Gasteiger partial charge is 0.273 e. The molecule has 0 unspecified atom stereocenters. The van der Waals surface area contributed by atoms with Crippen LogP contribution in [-0.4, -0.2) is 40.5 Å². The van der Waals surface area contributed by atoms with Gasteiger partial charge in [-0.25, -0.2) is 4.68 Å². The molecular formula is C16H20ClN5O. The van der Waals surface area contributed by atoms with E-state index in [4.69, 9.17) is 11.6 Å². The van der Waals surface area contributed by atoms with E-state index >= 15 is 0 Å². The van der Waals surface area contributed by atoms with E-state index in [1.165, 1.54) is 0 Å². The van der Waals surface area contributed by atoms with E-state index in [0.717, 1.165) is 37.9 Å². The number of nitrogens with zero attached hydrogens (tertiary/aromatic N) is 3. The van der Waals surface area contributed by atoms with Gasteiger partial charge in [-0.3, -0.25) is 4.79 Å². The molecule has 1 fully saturated rings. The zero-order valence-electron chi connectivity index (χ0n) is 12.8. The summed E-state index contributed by atoms with van der Waals surface area (Å²) in [5, 5.41) is 15.0. The molecule has 1 aliphatic rings. The molecule has 1 aromatic heterocycles. The maximum atomic E-state index is 12.1. The quantitative estimate of drug-likeness (QED) is 0.875. The Morgan fingerprint density at radius 1 is 1.39 bits per heavy atom. The number of hydrogen-bond donors (Lipinski definition) is 2. The third-order valence-electron chi connectivity index (χ3n) is 4.01. The van der Waals surface area contributed by atoms with Crippen molar-refractivity contribution in [1.29, 1.82) is 0 Å². The lowest BCUT2D eigenvalue weighted by Gasteiger charge is -2.22. The number of hydrogen-bond acceptors (Lipinski definition) is 4. The van der Waals surface area contributed by atoms with Crippen molar-refractivity contribution in [3.63, 3.8) is 0 Å². The number of carbonyl (C=O) groups is 1. The van der Waals surface area contributed by atoms with Crippen LogP contribution in [0.3, 0.4) is 0 Å². The molecule has 3 rings (SSSR count). The molecule has 122 valence electrons. The summed E-state index contributed by atoms with van der Waals surface area (Å²) >= 11 is 5.95. The first-order chi connectivity index (χ1) is 11.2. The van der Waals surface area contributed by atoms with Crippen LogP contribution < -0.4 is 10.6 Å². The van der Waals surface area contributed by atoms with Crippen LogP contribution in [0.5, 0.6) is 0 Å². The molecular weight excluding hydrogens is 314 g/mol. The van der Waals surface area contributed by atoms with E-state index in [-0.39, 0.29) is 5.91 Å². The summed E-state index contributed by atoms with van der Waals surface area (Å²) in [7, 11) is 0. The predicted molar refractivity (Wildman–Crippen MR) is 88.7 cm³/mol. The fraction of sp³-hybridized carbons (Fsp3) is 0.438. The maximum Gasteiger partial charge on any atom is 0.273 e. The second-order valence-electron chi connectivity index (χ2n) is 5.70. The number of carbonyl (C=O) groups excluding carboxylic acids is 1. The van der Waals surface area contributed by atoms with Gasteiger partial charge in [0.15, 0.2) is 5.69 Å². The zero-order valence-corrected chi connectivity index (χ0v) is 13.6. The van der Waals surface area contributed by atoms with Crippen molar-refractivity contribution in [1.82, 2.24) is 25.6 Å². The highest BCUT2D eigenvalue weighted by molar-refractivity contribution is 6.30. The van der Waals surface area contributed by atoms with Gasteiger partial charge in [-0.1, -0.05) is 28.9 Å². The average molecular weight is 334 g/mol. The lowest BCUT2D eigenvalue weighted by molar-refractivity contribution is 0.0949. The molecule has 0 radical (unpaired) electrons. The minimum atomic E-state index is -0.188. The van der Waals surface area contributed by atoms with E-state index in [2.05, 4.69) is 20.9 Å². The zero-order chi connectivity index (χ0) is 16.1. The van der Waals surface area contributed by atoms with Crippen molar-refractivity contribution in [2.24, 2.45) is 0 Å². The second kappa shape index (κ2) is 7.57. The Kier molecular flexibility index (Phi) is 5.25. The Morgan fingerprint density at radius 2 is 2.22 bits per heavy atom. The highest BCUT2D eigenvalue weighted by Gasteiger charge is 2.18. The van der Waals surface area contributed by atoms with Crippen LogP contribution in [0.2, 0.25) is 5.02 Å². The second-order valence-corrected chi connectivity index (χ2v) is 6.14. The Morgan fingerprint density at radius 3 is 3.00 bits per heavy atom. The summed E-state index contributed by atoms with van der Waals surface area (Å²) < 4.78 is 1.81. The predicted octanol–water partition coefficient (Wildman–Crippen LogP) is 1.83. The van der Waals surface area contributed by atoms with Crippen molar-refractivity contribution < 1.29 is 4.79 Å². The first-order valence-electron chi connectivity index (χ1n) is 7.87. The molecule has 1 saturated heterocycles. The van der Waals surface area contributed by atoms with Crippen LogP contribution in [0.1, 0.15) is 34.9 Å². The number of benzene rings is 1. The Balaban J connectivity index is 1.51. The first kappa shape index (κ1) is 16.0. The molecule has 23 heavy (non-hydrogen) atoms. The van der Waals surface area contributed by atoms with E-state index in [0.29, 0.717) is 23.3 Å². The summed E-state index contributed by atoms with van der Waals surface area (Å²) in [4.78, 5) is 12.1. The van der Waals surface area contributed by atoms with Crippen LogP contribution in [0, 0.1) is 0 Å². The van der Waals surface area contributed by atoms with Crippen molar-refractivity contribution in [2.45, 2.75) is 25.3 Å². The number of nitrogens with one attached hydrogen (secondary N) is 2. The van der Waals surface area contributed by atoms with Crippen LogP contribution in [0.15, 0.2) is 30.5 Å². The summed E-state index contributed by atoms with van der Waals surface area (Å²) in [6.45, 7) is 2.50. The largest absolute Gasteiger partial charge is 0.350 e. The molecule has 0 saturated carbocycles. The van der Waals surface area contributed by atoms with Gasteiger partial charge in [0.2, 0.25) is 0 Å². The molecule has 0 atom stereocenters. The van der Waals surface area contributed by atoms with E-state index < -0.39 is 0 Å². The fourth-order valence-electron chi connectivity index (χ4n) is 2.73. The summed E-state index contributed by atoms with van der Waals surface area (Å²) in [6, 6.07) is 7.97. The number of rotatable bonds is 5. The van der Waals surface area contributed by atoms with Crippen LogP contribution in [0.4, 0.5) is 0 Å². The number of amides is 1. The van der Waals surface area contributed by atoms with Crippen LogP contribution >= 0.6 is 11.6 Å². The number of halogens is 1. The van der Waals surface area contributed by atoms with Gasteiger partial charge in [0.25, 0.3) is 5.91 Å². The molecule has 1 amide bonds. The third-order valence-corrected chi connectivity index (χ3v) is 4.25. The highest BCUT2D eigenvalue weighted by Crippen LogP contribution is 2.17. The highest BCUT2D eigenvalue weighted by atomic mass is 35.5. The molecule has 0 spiro atoms. The van der Waals surface area contributed by atoms with Gasteiger partial charge in [-0.2, -0.15) is 0 Å². The van der Waals surface area contributed by atoms with Gasteiger partial charge < -0.3 is 10.6 Å². The minimum Gasteiger partial charge on any atom is -0.350 e. The monoisotopic (exact) mass is 333 g/mol. The van der Waals surface area contributed by atoms with Crippen molar-refractivity contribution >= 4 is 17.5 Å². The van der Waals surface area contributed by atoms with Gasteiger partial charge >= 0.3 is 0 Å². The molecule has 1 aliphatic heterocycles. The van der Waals surface area contributed by atoms with Gasteiger partial charge in [0, 0.05) is 11.6 Å². The first-order valence-corrected chi connectivity index (χ1v) is 8.25. The van der Waals surface area contributed by atoms with E-state index in [1.807, 2.05) is 28.9 Å². The Bertz CT molecular complexity index is 666. The molecule has 1 aromatic carbocycles. The van der Waals surface area contributed by atoms with Crippen molar-refractivity contribution in [3.05, 3.63) is 46.7 Å². The van der Waals surface area contributed by atoms with E-state index in [9.17, 15) is 4.79 Å². The Hall–Kier alpha value is -1.92. The topological polar surface area (TPSA) is 71.8 Å². The SMILES string of the molecule is O=C(NCCc1cccc(Cl)c1)c1cn(C2CCNCC2)nn1. The molecule has 2 heterocycles. The van der Waals surface area contributed by atoms with Gasteiger partial charge in [0.1, 0.15) is 0 Å². The van der Waals surface area contributed by atoms with Crippen molar-refractivity contribution in [3.8, 4) is 0 Å². The normalized spacial score (nSPS) is 15.5. The summed E-state index contributed by atoms with van der Waals surface area (Å²) in [5.74, 6) is -0.188. The molecule has 0 bridgehead atoms. The number of aromatic nitrogens is 3. The molecule has 2 aromatic rings. The summed E-state index contributed by atoms with van der Waals surface area (Å²) in [6.07, 6.45) is 4.50. The summed E-state index contributed by atoms with van der Waals surface area (Å²) in [5.41, 5.74) is 1.46. The van der Waals surface area contributed by atoms with Crippen LogP contribution in [0.25, 0.3) is 0 Å². The molecule has 6 nitrogen and oxygen atoms in total. The van der Waals surface area contributed by atoms with Gasteiger partial charge in [-0.05, 0) is 50.0 Å². The third kappa shape index (κ3) is 4.30.